The van der Waals surface area contributed by atoms with E-state index < -0.39 is 6.10 Å². The molecule has 2 heterocycles. The van der Waals surface area contributed by atoms with Crippen molar-refractivity contribution in [2.75, 3.05) is 13.2 Å². The third kappa shape index (κ3) is 4.31. The largest absolute Gasteiger partial charge is 0.485 e. The van der Waals surface area contributed by atoms with Gasteiger partial charge in [-0.2, -0.15) is 0 Å². The molecule has 0 saturated heterocycles. The lowest BCUT2D eigenvalue weighted by molar-refractivity contribution is -0.141. The van der Waals surface area contributed by atoms with E-state index in [1.54, 1.807) is 11.3 Å². The maximum absolute atomic E-state index is 13.2. The van der Waals surface area contributed by atoms with Crippen molar-refractivity contribution in [2.45, 2.75) is 19.1 Å². The minimum atomic E-state index is -0.615. The molecule has 0 aliphatic carbocycles. The Balaban J connectivity index is 1.48. The topological polar surface area (TPSA) is 38.8 Å². The summed E-state index contributed by atoms with van der Waals surface area (Å²) in [5.74, 6) is 1.28. The maximum atomic E-state index is 13.2. The van der Waals surface area contributed by atoms with Crippen LogP contribution in [0.25, 0.3) is 0 Å². The Labute approximate surface area is 163 Å². The second-order valence-electron chi connectivity index (χ2n) is 6.44. The molecule has 0 saturated carbocycles. The molecule has 0 N–H and O–H groups in total. The van der Waals surface area contributed by atoms with E-state index in [1.807, 2.05) is 58.8 Å². The fourth-order valence-electron chi connectivity index (χ4n) is 3.11. The molecular formula is C22H21NO3S. The number of rotatable bonds is 6. The number of nitrogens with zero attached hydrogens (tertiary/aromatic N) is 1. The second-order valence-corrected chi connectivity index (χ2v) is 7.47. The number of carbonyl (C=O) groups excluding carboxylic acids is 1. The first-order valence-corrected chi connectivity index (χ1v) is 9.91. The van der Waals surface area contributed by atoms with Crippen LogP contribution in [0.1, 0.15) is 10.4 Å². The highest BCUT2D eigenvalue weighted by molar-refractivity contribution is 7.09. The lowest BCUT2D eigenvalue weighted by Crippen LogP contribution is -2.46. The van der Waals surface area contributed by atoms with Gasteiger partial charge >= 0.3 is 0 Å². The zero-order chi connectivity index (χ0) is 18.5. The van der Waals surface area contributed by atoms with Gasteiger partial charge in [-0.25, -0.2) is 0 Å². The van der Waals surface area contributed by atoms with Crippen LogP contribution in [0.15, 0.2) is 72.1 Å². The number of hydrogen-bond donors (Lipinski definition) is 0. The lowest BCUT2D eigenvalue weighted by atomic mass is 10.1. The Morgan fingerprint density at radius 1 is 1.00 bits per heavy atom. The molecule has 4 nitrogen and oxygen atoms in total. The first kappa shape index (κ1) is 17.6. The molecule has 1 aliphatic rings. The molecule has 0 radical (unpaired) electrons. The van der Waals surface area contributed by atoms with Gasteiger partial charge in [-0.3, -0.25) is 4.79 Å². The average Bonchev–Trinajstić information content (AvgIpc) is 3.24. The lowest BCUT2D eigenvalue weighted by Gasteiger charge is -2.30. The van der Waals surface area contributed by atoms with Crippen LogP contribution in [-0.4, -0.2) is 30.1 Å². The summed E-state index contributed by atoms with van der Waals surface area (Å²) in [6, 6.07) is 21.8. The maximum Gasteiger partial charge on any atom is 0.267 e. The van der Waals surface area contributed by atoms with Gasteiger partial charge in [0.05, 0.1) is 6.54 Å². The summed E-state index contributed by atoms with van der Waals surface area (Å²) in [7, 11) is 0. The van der Waals surface area contributed by atoms with Crippen LogP contribution in [0.4, 0.5) is 0 Å². The highest BCUT2D eigenvalue weighted by Crippen LogP contribution is 2.31. The Kier molecular flexibility index (Phi) is 5.39. The highest BCUT2D eigenvalue weighted by Gasteiger charge is 2.31. The van der Waals surface area contributed by atoms with E-state index in [-0.39, 0.29) is 12.5 Å². The van der Waals surface area contributed by atoms with Crippen LogP contribution in [0.2, 0.25) is 0 Å². The molecule has 0 spiro atoms. The molecule has 2 aromatic carbocycles. The molecule has 1 aromatic heterocycles. The molecule has 1 aliphatic heterocycles. The van der Waals surface area contributed by atoms with Crippen molar-refractivity contribution in [1.82, 2.24) is 4.90 Å². The van der Waals surface area contributed by atoms with Gasteiger partial charge in [-0.15, -0.1) is 11.3 Å². The number of carbonyl (C=O) groups is 1. The molecule has 0 unspecified atom stereocenters. The summed E-state index contributed by atoms with van der Waals surface area (Å²) in [6.07, 6.45) is 0.193. The molecule has 4 rings (SSSR count). The number of amides is 1. The molecule has 1 atom stereocenters. The number of ether oxygens (including phenoxy) is 2. The molecule has 3 aromatic rings. The van der Waals surface area contributed by atoms with Crippen molar-refractivity contribution in [3.05, 3.63) is 82.6 Å². The van der Waals surface area contributed by atoms with E-state index in [4.69, 9.17) is 9.47 Å². The third-order valence-corrected chi connectivity index (χ3v) is 5.40. The normalized spacial score (nSPS) is 15.3. The average molecular weight is 379 g/mol. The van der Waals surface area contributed by atoms with Crippen molar-refractivity contribution in [1.29, 1.82) is 0 Å². The summed E-state index contributed by atoms with van der Waals surface area (Å²) in [5, 5.41) is 2.03. The minimum absolute atomic E-state index is 0.0335. The fourth-order valence-corrected chi connectivity index (χ4v) is 3.83. The van der Waals surface area contributed by atoms with Gasteiger partial charge in [0, 0.05) is 11.4 Å². The number of para-hydroxylation sites is 2. The van der Waals surface area contributed by atoms with E-state index in [1.165, 1.54) is 5.56 Å². The summed E-state index contributed by atoms with van der Waals surface area (Å²) in [5.41, 5.74) is 1.22. The Morgan fingerprint density at radius 2 is 1.78 bits per heavy atom. The van der Waals surface area contributed by atoms with Gasteiger partial charge in [0.2, 0.25) is 6.10 Å². The van der Waals surface area contributed by atoms with E-state index in [0.717, 1.165) is 11.3 Å². The van der Waals surface area contributed by atoms with Gasteiger partial charge in [0.1, 0.15) is 6.61 Å². The molecule has 138 valence electrons. The summed E-state index contributed by atoms with van der Waals surface area (Å²) >= 11 is 1.66. The van der Waals surface area contributed by atoms with Crippen molar-refractivity contribution < 1.29 is 14.3 Å². The van der Waals surface area contributed by atoms with E-state index in [0.29, 0.717) is 24.6 Å². The monoisotopic (exact) mass is 379 g/mol. The van der Waals surface area contributed by atoms with Gasteiger partial charge < -0.3 is 14.4 Å². The number of hydrogen-bond acceptors (Lipinski definition) is 4. The summed E-state index contributed by atoms with van der Waals surface area (Å²) in [6.45, 7) is 1.47. The van der Waals surface area contributed by atoms with Crippen molar-refractivity contribution in [3.8, 4) is 11.5 Å². The third-order valence-electron chi connectivity index (χ3n) is 4.54. The standard InChI is InChI=1S/C22H21NO3S/c24-22(21-16-25-19-10-4-5-11-20(19)26-21)23(15-18-9-6-14-27-18)13-12-17-7-2-1-3-8-17/h1-11,14,21H,12-13,15-16H2/t21-/m1/s1. The van der Waals surface area contributed by atoms with Crippen molar-refractivity contribution >= 4 is 17.2 Å². The van der Waals surface area contributed by atoms with Crippen LogP contribution in [0, 0.1) is 0 Å². The Hall–Kier alpha value is -2.79. The zero-order valence-electron chi connectivity index (χ0n) is 14.9. The van der Waals surface area contributed by atoms with E-state index >= 15 is 0 Å². The van der Waals surface area contributed by atoms with Crippen molar-refractivity contribution in [3.63, 3.8) is 0 Å². The number of fused-ring (bicyclic) bond motifs is 1. The minimum Gasteiger partial charge on any atom is -0.485 e. The van der Waals surface area contributed by atoms with Crippen molar-refractivity contribution in [2.24, 2.45) is 0 Å². The summed E-state index contributed by atoms with van der Waals surface area (Å²) in [4.78, 5) is 16.2. The van der Waals surface area contributed by atoms with Crippen LogP contribution >= 0.6 is 11.3 Å². The molecule has 5 heteroatoms. The SMILES string of the molecule is O=C([C@H]1COc2ccccc2O1)N(CCc1ccccc1)Cc1cccs1. The van der Waals surface area contributed by atoms with Gasteiger partial charge in [0.15, 0.2) is 11.5 Å². The van der Waals surface area contributed by atoms with Gasteiger partial charge in [-0.1, -0.05) is 48.5 Å². The van der Waals surface area contributed by atoms with E-state index in [9.17, 15) is 4.79 Å². The smallest absolute Gasteiger partial charge is 0.267 e. The molecule has 1 amide bonds. The van der Waals surface area contributed by atoms with E-state index in [2.05, 4.69) is 18.2 Å². The zero-order valence-corrected chi connectivity index (χ0v) is 15.7. The number of thiophene rings is 1. The summed E-state index contributed by atoms with van der Waals surface area (Å²) < 4.78 is 11.7. The fraction of sp³-hybridized carbons (Fsp3) is 0.227. The van der Waals surface area contributed by atoms with Crippen LogP contribution in [-0.2, 0) is 17.8 Å². The molecule has 0 bridgehead atoms. The van der Waals surface area contributed by atoms with Crippen LogP contribution in [0.5, 0.6) is 11.5 Å². The molecule has 0 fully saturated rings. The molecule has 27 heavy (non-hydrogen) atoms. The Bertz CT molecular complexity index is 880. The predicted molar refractivity (Wildman–Crippen MR) is 106 cm³/mol. The van der Waals surface area contributed by atoms with Gasteiger partial charge in [0.25, 0.3) is 5.91 Å². The van der Waals surface area contributed by atoms with Crippen LogP contribution < -0.4 is 9.47 Å². The molecular weight excluding hydrogens is 358 g/mol. The first-order valence-electron chi connectivity index (χ1n) is 9.03. The number of benzene rings is 2. The Morgan fingerprint density at radius 3 is 2.56 bits per heavy atom. The second kappa shape index (κ2) is 8.27. The quantitative estimate of drug-likeness (QED) is 0.646. The first-order chi connectivity index (χ1) is 13.3. The van der Waals surface area contributed by atoms with Gasteiger partial charge in [-0.05, 0) is 35.6 Å². The predicted octanol–water partition coefficient (Wildman–Crippen LogP) is 4.16. The highest BCUT2D eigenvalue weighted by atomic mass is 32.1. The van der Waals surface area contributed by atoms with Crippen LogP contribution in [0.3, 0.4) is 0 Å².